The van der Waals surface area contributed by atoms with Gasteiger partial charge in [-0.15, -0.1) is 0 Å². The lowest BCUT2D eigenvalue weighted by Gasteiger charge is -2.06. The second kappa shape index (κ2) is 3.90. The fourth-order valence-electron chi connectivity index (χ4n) is 2.15. The summed E-state index contributed by atoms with van der Waals surface area (Å²) in [6, 6.07) is 16.7. The minimum atomic E-state index is 0.781. The van der Waals surface area contributed by atoms with Crippen LogP contribution in [0.2, 0.25) is 5.02 Å². The molecule has 0 saturated heterocycles. The lowest BCUT2D eigenvalue weighted by Crippen LogP contribution is -1.81. The molecule has 3 aromatic rings. The minimum absolute atomic E-state index is 0.781. The molecule has 3 aromatic carbocycles. The van der Waals surface area contributed by atoms with Gasteiger partial charge in [-0.05, 0) is 33.9 Å². The van der Waals surface area contributed by atoms with E-state index in [0.717, 1.165) is 16.0 Å². The van der Waals surface area contributed by atoms with E-state index >= 15 is 0 Å². The first kappa shape index (κ1) is 10.4. The van der Waals surface area contributed by atoms with Crippen molar-refractivity contribution < 1.29 is 0 Å². The van der Waals surface area contributed by atoms with E-state index in [9.17, 15) is 0 Å². The van der Waals surface area contributed by atoms with Crippen molar-refractivity contribution >= 4 is 39.2 Å². The van der Waals surface area contributed by atoms with Crippen LogP contribution in [-0.2, 0) is 0 Å². The van der Waals surface area contributed by atoms with Gasteiger partial charge >= 0.3 is 0 Å². The molecule has 0 aliphatic carbocycles. The Labute approximate surface area is 105 Å². The Hall–Kier alpha value is -1.79. The summed E-state index contributed by atoms with van der Waals surface area (Å²) in [6.45, 7) is 3.78. The van der Waals surface area contributed by atoms with Crippen molar-refractivity contribution in [1.29, 1.82) is 0 Å². The maximum absolute atomic E-state index is 6.37. The molecule has 0 bridgehead atoms. The van der Waals surface area contributed by atoms with Gasteiger partial charge in [0.2, 0.25) is 0 Å². The third-order valence-electron chi connectivity index (χ3n) is 3.07. The lowest BCUT2D eigenvalue weighted by molar-refractivity contribution is 1.72. The molecule has 0 unspecified atom stereocenters. The first-order valence-corrected chi connectivity index (χ1v) is 5.91. The van der Waals surface area contributed by atoms with E-state index in [2.05, 4.69) is 36.9 Å². The van der Waals surface area contributed by atoms with Crippen LogP contribution >= 0.6 is 11.6 Å². The van der Waals surface area contributed by atoms with Crippen molar-refractivity contribution in [2.45, 2.75) is 0 Å². The summed E-state index contributed by atoms with van der Waals surface area (Å²) in [4.78, 5) is 0. The summed E-state index contributed by atoms with van der Waals surface area (Å²) in [7, 11) is 0. The van der Waals surface area contributed by atoms with Crippen LogP contribution in [0.4, 0.5) is 0 Å². The molecule has 0 atom stereocenters. The Morgan fingerprint density at radius 1 is 0.882 bits per heavy atom. The highest BCUT2D eigenvalue weighted by molar-refractivity contribution is 6.37. The Balaban J connectivity index is 2.48. The predicted molar refractivity (Wildman–Crippen MR) is 76.6 cm³/mol. The molecule has 3 rings (SSSR count). The van der Waals surface area contributed by atoms with Crippen LogP contribution in [-0.4, -0.2) is 0 Å². The highest BCUT2D eigenvalue weighted by Gasteiger charge is 2.04. The molecule has 0 radical (unpaired) electrons. The first-order valence-electron chi connectivity index (χ1n) is 5.53. The Bertz CT molecular complexity index is 726. The summed E-state index contributed by atoms with van der Waals surface area (Å²) < 4.78 is 0. The molecule has 1 heteroatoms. The van der Waals surface area contributed by atoms with Gasteiger partial charge in [0.05, 0.1) is 5.02 Å². The SMILES string of the molecule is C=Cc1ccc2cc3ccccc3cc2c1Cl. The first-order chi connectivity index (χ1) is 8.29. The van der Waals surface area contributed by atoms with E-state index in [1.54, 1.807) is 6.08 Å². The minimum Gasteiger partial charge on any atom is -0.0984 e. The number of hydrogen-bond acceptors (Lipinski definition) is 0. The predicted octanol–water partition coefficient (Wildman–Crippen LogP) is 5.29. The average Bonchev–Trinajstić information content (AvgIpc) is 2.37. The van der Waals surface area contributed by atoms with Crippen molar-refractivity contribution in [3.8, 4) is 0 Å². The molecule has 0 aliphatic heterocycles. The van der Waals surface area contributed by atoms with E-state index in [1.165, 1.54) is 16.2 Å². The smallest absolute Gasteiger partial charge is 0.0556 e. The van der Waals surface area contributed by atoms with Crippen LogP contribution in [0.1, 0.15) is 5.56 Å². The maximum Gasteiger partial charge on any atom is 0.0556 e. The van der Waals surface area contributed by atoms with Crippen molar-refractivity contribution in [2.75, 3.05) is 0 Å². The Kier molecular flexibility index (Phi) is 2.38. The fraction of sp³-hybridized carbons (Fsp3) is 0. The number of fused-ring (bicyclic) bond motifs is 2. The molecule has 0 amide bonds. The zero-order valence-electron chi connectivity index (χ0n) is 9.28. The van der Waals surface area contributed by atoms with Crippen LogP contribution in [0.15, 0.2) is 55.1 Å². The molecular weight excluding hydrogens is 228 g/mol. The normalized spacial score (nSPS) is 10.9. The molecule has 17 heavy (non-hydrogen) atoms. The molecule has 0 saturated carbocycles. The summed E-state index contributed by atoms with van der Waals surface area (Å²) in [6.07, 6.45) is 1.79. The van der Waals surface area contributed by atoms with Crippen LogP contribution < -0.4 is 0 Å². The average molecular weight is 239 g/mol. The van der Waals surface area contributed by atoms with Gasteiger partial charge in [0.25, 0.3) is 0 Å². The van der Waals surface area contributed by atoms with Gasteiger partial charge in [-0.25, -0.2) is 0 Å². The van der Waals surface area contributed by atoms with Gasteiger partial charge in [0.15, 0.2) is 0 Å². The number of hydrogen-bond donors (Lipinski definition) is 0. The molecule has 0 N–H and O–H groups in total. The zero-order chi connectivity index (χ0) is 11.8. The highest BCUT2D eigenvalue weighted by atomic mass is 35.5. The summed E-state index contributed by atoms with van der Waals surface area (Å²) in [5, 5.41) is 5.48. The molecule has 82 valence electrons. The fourth-order valence-corrected chi connectivity index (χ4v) is 2.46. The van der Waals surface area contributed by atoms with Crippen molar-refractivity contribution in [1.82, 2.24) is 0 Å². The van der Waals surface area contributed by atoms with Crippen LogP contribution in [0.5, 0.6) is 0 Å². The molecule has 0 aliphatic rings. The Morgan fingerprint density at radius 2 is 1.59 bits per heavy atom. The number of halogens is 1. The topological polar surface area (TPSA) is 0 Å². The van der Waals surface area contributed by atoms with Gasteiger partial charge in [-0.3, -0.25) is 0 Å². The summed E-state index contributed by atoms with van der Waals surface area (Å²) in [5.41, 5.74) is 0.981. The van der Waals surface area contributed by atoms with E-state index in [-0.39, 0.29) is 0 Å². The van der Waals surface area contributed by atoms with Gasteiger partial charge in [0.1, 0.15) is 0 Å². The van der Waals surface area contributed by atoms with Crippen molar-refractivity contribution in [3.05, 3.63) is 65.7 Å². The van der Waals surface area contributed by atoms with E-state index < -0.39 is 0 Å². The third-order valence-corrected chi connectivity index (χ3v) is 3.49. The second-order valence-corrected chi connectivity index (χ2v) is 4.47. The van der Waals surface area contributed by atoms with Gasteiger partial charge in [0, 0.05) is 5.39 Å². The maximum atomic E-state index is 6.37. The van der Waals surface area contributed by atoms with Gasteiger partial charge in [-0.2, -0.15) is 0 Å². The third kappa shape index (κ3) is 1.62. The van der Waals surface area contributed by atoms with Crippen molar-refractivity contribution in [2.24, 2.45) is 0 Å². The molecule has 0 nitrogen and oxygen atoms in total. The number of benzene rings is 3. The van der Waals surface area contributed by atoms with E-state index in [4.69, 9.17) is 11.6 Å². The summed E-state index contributed by atoms with van der Waals surface area (Å²) in [5.74, 6) is 0. The Morgan fingerprint density at radius 3 is 2.29 bits per heavy atom. The largest absolute Gasteiger partial charge is 0.0984 e. The molecule has 0 aromatic heterocycles. The summed E-state index contributed by atoms with van der Waals surface area (Å²) >= 11 is 6.37. The van der Waals surface area contributed by atoms with Crippen LogP contribution in [0.25, 0.3) is 27.6 Å². The zero-order valence-corrected chi connectivity index (χ0v) is 10.0. The molecule has 0 fully saturated rings. The van der Waals surface area contributed by atoms with Crippen LogP contribution in [0, 0.1) is 0 Å². The molecule has 0 heterocycles. The molecular formula is C16H11Cl. The number of rotatable bonds is 1. The van der Waals surface area contributed by atoms with Gasteiger partial charge in [-0.1, -0.05) is 60.7 Å². The van der Waals surface area contributed by atoms with E-state index in [1.807, 2.05) is 18.2 Å². The van der Waals surface area contributed by atoms with Crippen LogP contribution in [0.3, 0.4) is 0 Å². The van der Waals surface area contributed by atoms with Gasteiger partial charge < -0.3 is 0 Å². The van der Waals surface area contributed by atoms with Crippen molar-refractivity contribution in [3.63, 3.8) is 0 Å². The van der Waals surface area contributed by atoms with E-state index in [0.29, 0.717) is 0 Å². The molecule has 0 spiro atoms. The standard InChI is InChI=1S/C16H11Cl/c1-2-11-7-8-14-9-12-5-3-4-6-13(12)10-15(14)16(11)17/h2-10H,1H2. The monoisotopic (exact) mass is 238 g/mol. The quantitative estimate of drug-likeness (QED) is 0.506. The highest BCUT2D eigenvalue weighted by Crippen LogP contribution is 2.31. The second-order valence-electron chi connectivity index (χ2n) is 4.09. The lowest BCUT2D eigenvalue weighted by atomic mass is 10.0.